The lowest BCUT2D eigenvalue weighted by atomic mass is 10.0. The van der Waals surface area contributed by atoms with Gasteiger partial charge in [-0.05, 0) is 41.7 Å². The van der Waals surface area contributed by atoms with Gasteiger partial charge in [-0.25, -0.2) is 4.79 Å². The van der Waals surface area contributed by atoms with Gasteiger partial charge in [-0.3, -0.25) is 33.6 Å². The van der Waals surface area contributed by atoms with E-state index in [1.54, 1.807) is 67.2 Å². The van der Waals surface area contributed by atoms with E-state index in [0.717, 1.165) is 10.9 Å². The molecule has 2 aromatic heterocycles. The molecule has 0 aliphatic rings. The van der Waals surface area contributed by atoms with E-state index in [4.69, 9.17) is 11.5 Å². The van der Waals surface area contributed by atoms with Gasteiger partial charge in [-0.1, -0.05) is 36.4 Å². The van der Waals surface area contributed by atoms with Crippen molar-refractivity contribution >= 4 is 80.9 Å². The van der Waals surface area contributed by atoms with Gasteiger partial charge >= 0.3 is 11.9 Å². The number of carboxylic acid groups (broad SMARTS) is 2. The molecular formula is C38H47N9O11S. The number of hydrogen-bond acceptors (Lipinski definition) is 11. The second-order valence-corrected chi connectivity index (χ2v) is 14.6. The number of thioether (sulfide) groups is 1. The molecule has 0 radical (unpaired) electrons. The van der Waals surface area contributed by atoms with E-state index in [1.165, 1.54) is 11.8 Å². The third kappa shape index (κ3) is 12.8. The molecular weight excluding hydrogens is 791 g/mol. The molecule has 2 heterocycles. The second-order valence-electron chi connectivity index (χ2n) is 13.6. The van der Waals surface area contributed by atoms with Crippen LogP contribution in [0.4, 0.5) is 0 Å². The van der Waals surface area contributed by atoms with E-state index in [0.29, 0.717) is 27.8 Å². The van der Waals surface area contributed by atoms with Crippen molar-refractivity contribution < 1.29 is 53.7 Å². The Hall–Kier alpha value is -6.45. The lowest BCUT2D eigenvalue weighted by Gasteiger charge is -2.27. The summed E-state index contributed by atoms with van der Waals surface area (Å²) >= 11 is 1.32. The Morgan fingerprint density at radius 3 is 1.59 bits per heavy atom. The summed E-state index contributed by atoms with van der Waals surface area (Å²) in [6.45, 7) is -0.800. The van der Waals surface area contributed by atoms with Gasteiger partial charge in [0.15, 0.2) is 0 Å². The van der Waals surface area contributed by atoms with Gasteiger partial charge in [-0.15, -0.1) is 0 Å². The van der Waals surface area contributed by atoms with Crippen LogP contribution >= 0.6 is 11.8 Å². The Kier molecular flexibility index (Phi) is 16.4. The summed E-state index contributed by atoms with van der Waals surface area (Å²) in [6.07, 6.45) is 2.94. The molecule has 0 fully saturated rings. The summed E-state index contributed by atoms with van der Waals surface area (Å²) in [6, 6.07) is 4.96. The van der Waals surface area contributed by atoms with Gasteiger partial charge in [0.1, 0.15) is 36.3 Å². The van der Waals surface area contributed by atoms with Gasteiger partial charge in [-0.2, -0.15) is 11.8 Å². The number of hydrogen-bond donors (Lipinski definition) is 12. The number of carbonyl (C=O) groups excluding carboxylic acids is 6. The number of aliphatic carboxylic acids is 2. The Labute approximate surface area is 341 Å². The molecule has 0 bridgehead atoms. The lowest BCUT2D eigenvalue weighted by Crippen LogP contribution is -2.60. The average molecular weight is 838 g/mol. The highest BCUT2D eigenvalue weighted by molar-refractivity contribution is 7.98. The Balaban J connectivity index is 1.58. The van der Waals surface area contributed by atoms with Crippen LogP contribution in [0, 0.1) is 0 Å². The Morgan fingerprint density at radius 2 is 1.08 bits per heavy atom. The third-order valence-electron chi connectivity index (χ3n) is 9.27. The number of nitrogens with two attached hydrogens (primary N) is 2. The summed E-state index contributed by atoms with van der Waals surface area (Å²) in [4.78, 5) is 110. The number of rotatable bonds is 23. The van der Waals surface area contributed by atoms with Crippen molar-refractivity contribution in [1.82, 2.24) is 36.6 Å². The molecule has 4 rings (SSSR count). The quantitative estimate of drug-likeness (QED) is 0.0400. The number of aliphatic hydroxyl groups is 1. The van der Waals surface area contributed by atoms with Crippen LogP contribution in [0.1, 0.15) is 30.4 Å². The summed E-state index contributed by atoms with van der Waals surface area (Å²) in [5, 5.41) is 42.2. The van der Waals surface area contributed by atoms with E-state index >= 15 is 0 Å². The minimum atomic E-state index is -1.73. The maximum absolute atomic E-state index is 14.1. The summed E-state index contributed by atoms with van der Waals surface area (Å²) < 4.78 is 0. The second kappa shape index (κ2) is 21.3. The molecule has 21 heteroatoms. The van der Waals surface area contributed by atoms with E-state index < -0.39 is 103 Å². The monoisotopic (exact) mass is 837 g/mol. The fourth-order valence-corrected chi connectivity index (χ4v) is 6.67. The van der Waals surface area contributed by atoms with Crippen LogP contribution in [-0.4, -0.2) is 128 Å². The summed E-state index contributed by atoms with van der Waals surface area (Å²) in [7, 11) is 0. The van der Waals surface area contributed by atoms with E-state index in [2.05, 4.69) is 36.6 Å². The number of benzene rings is 2. The summed E-state index contributed by atoms with van der Waals surface area (Å²) in [5.41, 5.74) is 13.5. The molecule has 0 unspecified atom stereocenters. The topological polar surface area (TPSA) is 341 Å². The van der Waals surface area contributed by atoms with Crippen LogP contribution in [0.25, 0.3) is 21.8 Å². The number of H-pyrrole nitrogens is 2. The number of aromatic amines is 2. The van der Waals surface area contributed by atoms with Crippen molar-refractivity contribution in [2.24, 2.45) is 11.5 Å². The number of aliphatic hydroxyl groups excluding tert-OH is 1. The Bertz CT molecular complexity index is 2170. The highest BCUT2D eigenvalue weighted by Gasteiger charge is 2.34. The van der Waals surface area contributed by atoms with E-state index in [1.807, 2.05) is 0 Å². The zero-order valence-electron chi connectivity index (χ0n) is 31.9. The van der Waals surface area contributed by atoms with Crippen LogP contribution in [0.3, 0.4) is 0 Å². The minimum absolute atomic E-state index is 0.0214. The molecule has 0 saturated carbocycles. The van der Waals surface area contributed by atoms with Gasteiger partial charge < -0.3 is 63.3 Å². The standard InChI is InChI=1S/C38H47N9O11S/c1-59-11-10-26(34(53)46-28(14-31(40)49)36(55)47-30(38(57)58)13-20-17-42-25-9-5-3-7-22(20)25)43-35(54)27(12-19-16-41-24-8-4-2-6-21(19)24)45-37(56)29(15-32(50)51)44-33(52)23(39)18-48/h2-9,16-17,23,26-30,41-42,48H,10-15,18,39H2,1H3,(H2,40,49)(H,43,54)(H,44,52)(H,45,56)(H,46,53)(H,47,55)(H,50,51)(H,57,58)/t23-,26-,27-,28-,29-,30-/m0/s1. The van der Waals surface area contributed by atoms with E-state index in [9.17, 15) is 53.7 Å². The van der Waals surface area contributed by atoms with Crippen LogP contribution in [0.2, 0.25) is 0 Å². The molecule has 0 saturated heterocycles. The van der Waals surface area contributed by atoms with Crippen molar-refractivity contribution in [1.29, 1.82) is 0 Å². The predicted octanol–water partition coefficient (Wildman–Crippen LogP) is -1.63. The molecule has 14 N–H and O–H groups in total. The number of aromatic nitrogens is 2. The van der Waals surface area contributed by atoms with Crippen molar-refractivity contribution in [2.75, 3.05) is 18.6 Å². The fraction of sp³-hybridized carbons (Fsp3) is 0.368. The van der Waals surface area contributed by atoms with Crippen LogP contribution in [-0.2, 0) is 51.2 Å². The highest BCUT2D eigenvalue weighted by atomic mass is 32.2. The lowest BCUT2D eigenvalue weighted by molar-refractivity contribution is -0.142. The number of para-hydroxylation sites is 2. The zero-order valence-corrected chi connectivity index (χ0v) is 32.7. The number of carboxylic acids is 2. The molecule has 59 heavy (non-hydrogen) atoms. The normalized spacial score (nSPS) is 14.2. The molecule has 6 amide bonds. The van der Waals surface area contributed by atoms with Crippen LogP contribution in [0.15, 0.2) is 60.9 Å². The van der Waals surface area contributed by atoms with Crippen LogP contribution in [0.5, 0.6) is 0 Å². The fourth-order valence-electron chi connectivity index (χ4n) is 6.20. The van der Waals surface area contributed by atoms with E-state index in [-0.39, 0.29) is 19.3 Å². The van der Waals surface area contributed by atoms with Crippen molar-refractivity contribution in [3.8, 4) is 0 Å². The molecule has 20 nitrogen and oxygen atoms in total. The Morgan fingerprint density at radius 1 is 0.644 bits per heavy atom. The molecule has 0 aliphatic carbocycles. The third-order valence-corrected chi connectivity index (χ3v) is 9.92. The number of amides is 6. The van der Waals surface area contributed by atoms with Gasteiger partial charge in [0.2, 0.25) is 35.4 Å². The highest BCUT2D eigenvalue weighted by Crippen LogP contribution is 2.21. The zero-order chi connectivity index (χ0) is 43.2. The minimum Gasteiger partial charge on any atom is -0.481 e. The number of fused-ring (bicyclic) bond motifs is 2. The molecule has 2 aromatic carbocycles. The summed E-state index contributed by atoms with van der Waals surface area (Å²) in [5.74, 6) is -8.56. The molecule has 0 aliphatic heterocycles. The van der Waals surface area contributed by atoms with Gasteiger partial charge in [0.25, 0.3) is 0 Å². The largest absolute Gasteiger partial charge is 0.481 e. The van der Waals surface area contributed by atoms with Crippen LogP contribution < -0.4 is 38.1 Å². The average Bonchev–Trinajstić information content (AvgIpc) is 3.81. The number of nitrogens with one attached hydrogen (secondary N) is 7. The van der Waals surface area contributed by atoms with Gasteiger partial charge in [0, 0.05) is 47.0 Å². The first-order chi connectivity index (χ1) is 28.1. The first-order valence-electron chi connectivity index (χ1n) is 18.3. The molecule has 6 atom stereocenters. The van der Waals surface area contributed by atoms with Crippen molar-refractivity contribution in [3.05, 3.63) is 72.1 Å². The smallest absolute Gasteiger partial charge is 0.326 e. The maximum atomic E-state index is 14.1. The predicted molar refractivity (Wildman–Crippen MR) is 215 cm³/mol. The molecule has 0 spiro atoms. The van der Waals surface area contributed by atoms with Crippen molar-refractivity contribution in [3.63, 3.8) is 0 Å². The molecule has 4 aromatic rings. The van der Waals surface area contributed by atoms with Crippen molar-refractivity contribution in [2.45, 2.75) is 68.4 Å². The van der Waals surface area contributed by atoms with Gasteiger partial charge in [0.05, 0.1) is 19.4 Å². The first kappa shape index (κ1) is 45.3. The maximum Gasteiger partial charge on any atom is 0.326 e. The number of primary amides is 1. The number of carbonyl (C=O) groups is 8. The SMILES string of the molecule is CSCC[C@H](NC(=O)[C@H](Cc1c[nH]c2ccccc12)NC(=O)[C@H](CC(=O)O)NC(=O)[C@@H](N)CO)C(=O)N[C@@H](CC(N)=O)C(=O)N[C@@H](Cc1c[nH]c2ccccc12)C(=O)O. The first-order valence-corrected chi connectivity index (χ1v) is 19.7. The molecule has 316 valence electrons.